The van der Waals surface area contributed by atoms with Gasteiger partial charge in [-0.25, -0.2) is 5.01 Å². The number of ether oxygens (including phenoxy) is 1. The van der Waals surface area contributed by atoms with Crippen LogP contribution in [-0.2, 0) is 4.79 Å². The van der Waals surface area contributed by atoms with Crippen molar-refractivity contribution in [1.82, 2.24) is 5.01 Å². The fourth-order valence-electron chi connectivity index (χ4n) is 2.58. The first-order chi connectivity index (χ1) is 10.2. The molecule has 5 heteroatoms. The molecule has 108 valence electrons. The lowest BCUT2D eigenvalue weighted by atomic mass is 10.00. The minimum Gasteiger partial charge on any atom is -0.496 e. The Hall–Kier alpha value is -2.56. The van der Waals surface area contributed by atoms with E-state index in [1.807, 2.05) is 36.4 Å². The number of furan rings is 1. The van der Waals surface area contributed by atoms with Crippen molar-refractivity contribution in [2.45, 2.75) is 19.4 Å². The third kappa shape index (κ3) is 2.42. The van der Waals surface area contributed by atoms with Gasteiger partial charge in [-0.3, -0.25) is 4.79 Å². The Morgan fingerprint density at radius 3 is 2.81 bits per heavy atom. The summed E-state index contributed by atoms with van der Waals surface area (Å²) in [6.07, 6.45) is 2.21. The number of carbonyl (C=O) groups is 1. The molecule has 0 saturated heterocycles. The quantitative estimate of drug-likeness (QED) is 0.870. The predicted octanol–water partition coefficient (Wildman–Crippen LogP) is 2.99. The molecule has 1 unspecified atom stereocenters. The third-order valence-electron chi connectivity index (χ3n) is 3.54. The molecule has 0 bridgehead atoms. The SMILES string of the molecule is COc1ccccc1C1CC(c2ccco2)=NN1C(C)=O. The summed E-state index contributed by atoms with van der Waals surface area (Å²) < 4.78 is 10.8. The number of methoxy groups -OCH3 is 1. The van der Waals surface area contributed by atoms with E-state index in [0.29, 0.717) is 12.2 Å². The van der Waals surface area contributed by atoms with Crippen molar-refractivity contribution in [3.05, 3.63) is 54.0 Å². The lowest BCUT2D eigenvalue weighted by molar-refractivity contribution is -0.130. The highest BCUT2D eigenvalue weighted by Crippen LogP contribution is 2.37. The van der Waals surface area contributed by atoms with E-state index in [0.717, 1.165) is 17.0 Å². The van der Waals surface area contributed by atoms with Gasteiger partial charge in [-0.2, -0.15) is 5.10 Å². The maximum atomic E-state index is 11.9. The lowest BCUT2D eigenvalue weighted by Gasteiger charge is -2.22. The van der Waals surface area contributed by atoms with E-state index in [-0.39, 0.29) is 11.9 Å². The monoisotopic (exact) mass is 284 g/mol. The van der Waals surface area contributed by atoms with Crippen LogP contribution >= 0.6 is 0 Å². The Morgan fingerprint density at radius 2 is 2.14 bits per heavy atom. The first kappa shape index (κ1) is 13.4. The van der Waals surface area contributed by atoms with Crippen LogP contribution in [0.2, 0.25) is 0 Å². The Balaban J connectivity index is 1.98. The lowest BCUT2D eigenvalue weighted by Crippen LogP contribution is -2.24. The van der Waals surface area contributed by atoms with Crippen molar-refractivity contribution in [2.24, 2.45) is 5.10 Å². The van der Waals surface area contributed by atoms with Crippen LogP contribution in [0.4, 0.5) is 0 Å². The molecule has 0 radical (unpaired) electrons. The number of amides is 1. The van der Waals surface area contributed by atoms with Crippen LogP contribution in [0.25, 0.3) is 0 Å². The zero-order valence-electron chi connectivity index (χ0n) is 11.9. The molecule has 0 N–H and O–H groups in total. The molecule has 5 nitrogen and oxygen atoms in total. The number of hydrazone groups is 1. The molecule has 21 heavy (non-hydrogen) atoms. The molecule has 0 fully saturated rings. The molecule has 1 amide bonds. The molecule has 1 aliphatic rings. The second-order valence-electron chi connectivity index (χ2n) is 4.85. The molecule has 0 spiro atoms. The summed E-state index contributed by atoms with van der Waals surface area (Å²) in [5, 5.41) is 5.91. The number of hydrogen-bond donors (Lipinski definition) is 0. The number of hydrogen-bond acceptors (Lipinski definition) is 4. The van der Waals surface area contributed by atoms with Gasteiger partial charge in [0.15, 0.2) is 0 Å². The zero-order chi connectivity index (χ0) is 14.8. The fraction of sp³-hybridized carbons (Fsp3) is 0.250. The van der Waals surface area contributed by atoms with Crippen molar-refractivity contribution < 1.29 is 13.9 Å². The van der Waals surface area contributed by atoms with E-state index in [1.165, 1.54) is 11.9 Å². The molecule has 2 heterocycles. The molecule has 3 rings (SSSR count). The maximum absolute atomic E-state index is 11.9. The van der Waals surface area contributed by atoms with Crippen LogP contribution in [-0.4, -0.2) is 23.7 Å². The summed E-state index contributed by atoms with van der Waals surface area (Å²) in [6, 6.07) is 11.2. The fourth-order valence-corrected chi connectivity index (χ4v) is 2.58. The molecule has 1 aromatic heterocycles. The summed E-state index contributed by atoms with van der Waals surface area (Å²) in [6.45, 7) is 1.51. The molecular weight excluding hydrogens is 268 g/mol. The maximum Gasteiger partial charge on any atom is 0.240 e. The number of benzene rings is 1. The van der Waals surface area contributed by atoms with Gasteiger partial charge in [0.1, 0.15) is 17.2 Å². The standard InChI is InChI=1S/C16H16N2O3/c1-11(19)18-14(12-6-3-4-7-15(12)20-2)10-13(17-18)16-8-5-9-21-16/h3-9,14H,10H2,1-2H3. The van der Waals surface area contributed by atoms with Crippen molar-refractivity contribution in [3.63, 3.8) is 0 Å². The van der Waals surface area contributed by atoms with Gasteiger partial charge in [-0.15, -0.1) is 0 Å². The molecule has 0 aliphatic carbocycles. The summed E-state index contributed by atoms with van der Waals surface area (Å²) in [5.74, 6) is 1.34. The van der Waals surface area contributed by atoms with Crippen LogP contribution in [0.5, 0.6) is 5.75 Å². The van der Waals surface area contributed by atoms with Crippen LogP contribution < -0.4 is 4.74 Å². The van der Waals surface area contributed by atoms with Crippen LogP contribution in [0.15, 0.2) is 52.2 Å². The van der Waals surface area contributed by atoms with Gasteiger partial charge in [-0.05, 0) is 18.2 Å². The second kappa shape index (κ2) is 5.44. The van der Waals surface area contributed by atoms with Crippen LogP contribution in [0.1, 0.15) is 30.7 Å². The highest BCUT2D eigenvalue weighted by molar-refractivity contribution is 6.01. The van der Waals surface area contributed by atoms with E-state index >= 15 is 0 Å². The predicted molar refractivity (Wildman–Crippen MR) is 78.1 cm³/mol. The van der Waals surface area contributed by atoms with Gasteiger partial charge in [0.2, 0.25) is 5.91 Å². The van der Waals surface area contributed by atoms with Gasteiger partial charge < -0.3 is 9.15 Å². The smallest absolute Gasteiger partial charge is 0.240 e. The summed E-state index contributed by atoms with van der Waals surface area (Å²) in [5.41, 5.74) is 1.71. The van der Waals surface area contributed by atoms with Crippen molar-refractivity contribution in [1.29, 1.82) is 0 Å². The number of para-hydroxylation sites is 1. The van der Waals surface area contributed by atoms with Crippen molar-refractivity contribution in [3.8, 4) is 5.75 Å². The number of nitrogens with zero attached hydrogens (tertiary/aromatic N) is 2. The Kier molecular flexibility index (Phi) is 3.48. The largest absolute Gasteiger partial charge is 0.496 e. The average molecular weight is 284 g/mol. The summed E-state index contributed by atoms with van der Waals surface area (Å²) >= 11 is 0. The highest BCUT2D eigenvalue weighted by Gasteiger charge is 2.33. The highest BCUT2D eigenvalue weighted by atomic mass is 16.5. The Bertz CT molecular complexity index is 677. The molecule has 1 aromatic carbocycles. The van der Waals surface area contributed by atoms with Crippen LogP contribution in [0.3, 0.4) is 0 Å². The van der Waals surface area contributed by atoms with E-state index in [4.69, 9.17) is 9.15 Å². The van der Waals surface area contributed by atoms with Gasteiger partial charge in [-0.1, -0.05) is 18.2 Å². The topological polar surface area (TPSA) is 55.0 Å². The first-order valence-electron chi connectivity index (χ1n) is 6.74. The third-order valence-corrected chi connectivity index (χ3v) is 3.54. The Labute approximate surface area is 122 Å². The first-order valence-corrected chi connectivity index (χ1v) is 6.74. The second-order valence-corrected chi connectivity index (χ2v) is 4.85. The van der Waals surface area contributed by atoms with Crippen molar-refractivity contribution >= 4 is 11.6 Å². The molecule has 2 aromatic rings. The minimum atomic E-state index is -0.168. The molecule has 1 atom stereocenters. The minimum absolute atomic E-state index is 0.104. The summed E-state index contributed by atoms with van der Waals surface area (Å²) in [4.78, 5) is 11.9. The van der Waals surface area contributed by atoms with Gasteiger partial charge >= 0.3 is 0 Å². The molecule has 1 aliphatic heterocycles. The van der Waals surface area contributed by atoms with E-state index in [1.54, 1.807) is 13.4 Å². The van der Waals surface area contributed by atoms with Crippen molar-refractivity contribution in [2.75, 3.05) is 7.11 Å². The normalized spacial score (nSPS) is 17.7. The number of rotatable bonds is 3. The van der Waals surface area contributed by atoms with E-state index in [9.17, 15) is 4.79 Å². The Morgan fingerprint density at radius 1 is 1.33 bits per heavy atom. The van der Waals surface area contributed by atoms with Gasteiger partial charge in [0.05, 0.1) is 19.4 Å². The zero-order valence-corrected chi connectivity index (χ0v) is 11.9. The average Bonchev–Trinajstić information content (AvgIpc) is 3.16. The number of carbonyl (C=O) groups excluding carboxylic acids is 1. The van der Waals surface area contributed by atoms with Gasteiger partial charge in [0.25, 0.3) is 0 Å². The van der Waals surface area contributed by atoms with Crippen LogP contribution in [0, 0.1) is 0 Å². The van der Waals surface area contributed by atoms with E-state index < -0.39 is 0 Å². The van der Waals surface area contributed by atoms with Gasteiger partial charge in [0, 0.05) is 18.9 Å². The molecular formula is C16H16N2O3. The van der Waals surface area contributed by atoms with E-state index in [2.05, 4.69) is 5.10 Å². The molecule has 0 saturated carbocycles. The summed E-state index contributed by atoms with van der Waals surface area (Å²) in [7, 11) is 1.63.